The van der Waals surface area contributed by atoms with Crippen molar-refractivity contribution in [3.05, 3.63) is 95.9 Å². The molecule has 0 spiro atoms. The van der Waals surface area contributed by atoms with Gasteiger partial charge in [0.1, 0.15) is 11.6 Å². The number of pyridine rings is 1. The number of hydrogen-bond acceptors (Lipinski definition) is 7. The van der Waals surface area contributed by atoms with Crippen molar-refractivity contribution in [1.82, 2.24) is 29.9 Å². The fourth-order valence-electron chi connectivity index (χ4n) is 3.65. The summed E-state index contributed by atoms with van der Waals surface area (Å²) in [7, 11) is 1.62. The van der Waals surface area contributed by atoms with E-state index in [9.17, 15) is 4.79 Å². The number of carbonyl (C=O) groups excluding carboxylic acids is 1. The third-order valence-corrected chi connectivity index (χ3v) is 5.34. The predicted molar refractivity (Wildman–Crippen MR) is 133 cm³/mol. The zero-order chi connectivity index (χ0) is 24.2. The highest BCUT2D eigenvalue weighted by molar-refractivity contribution is 5.95. The van der Waals surface area contributed by atoms with Gasteiger partial charge in [0.2, 0.25) is 0 Å². The number of methoxy groups -OCH3 is 1. The van der Waals surface area contributed by atoms with Gasteiger partial charge in [0.05, 0.1) is 7.11 Å². The number of amides is 1. The van der Waals surface area contributed by atoms with E-state index in [-0.39, 0.29) is 5.91 Å². The minimum atomic E-state index is -0.174. The molecule has 0 unspecified atom stereocenters. The Hall–Kier alpha value is -4.79. The van der Waals surface area contributed by atoms with E-state index in [0.29, 0.717) is 29.5 Å². The van der Waals surface area contributed by atoms with Gasteiger partial charge in [-0.25, -0.2) is 4.98 Å². The third kappa shape index (κ3) is 4.93. The minimum absolute atomic E-state index is 0.174. The van der Waals surface area contributed by atoms with Crippen LogP contribution in [0.25, 0.3) is 17.2 Å². The predicted octanol–water partition coefficient (Wildman–Crippen LogP) is 4.18. The van der Waals surface area contributed by atoms with Crippen molar-refractivity contribution in [3.63, 3.8) is 0 Å². The number of nitrogens with zero attached hydrogens (tertiary/aromatic N) is 5. The molecule has 0 saturated heterocycles. The molecule has 0 fully saturated rings. The van der Waals surface area contributed by atoms with E-state index in [1.165, 1.54) is 0 Å². The summed E-state index contributed by atoms with van der Waals surface area (Å²) in [5.74, 6) is 2.27. The van der Waals surface area contributed by atoms with Crippen LogP contribution >= 0.6 is 0 Å². The summed E-state index contributed by atoms with van der Waals surface area (Å²) in [6, 6.07) is 20.5. The number of aromatic nitrogens is 5. The number of ether oxygens (including phenoxy) is 1. The van der Waals surface area contributed by atoms with Crippen molar-refractivity contribution in [3.8, 4) is 17.1 Å². The molecule has 9 heteroatoms. The van der Waals surface area contributed by atoms with E-state index in [1.54, 1.807) is 36.2 Å². The fraction of sp³-hybridized carbons (Fsp3) is 0.115. The van der Waals surface area contributed by atoms with E-state index < -0.39 is 0 Å². The number of nitrogens with one attached hydrogen (secondary N) is 2. The van der Waals surface area contributed by atoms with Gasteiger partial charge in [0.15, 0.2) is 5.82 Å². The molecule has 5 aromatic rings. The molecule has 0 aliphatic carbocycles. The SMILES string of the molecule is COc1cccc(CNC(=O)c2cccc(Nc3cc(C)nc4nc(-c5cccnc5)nn34)c2)c1. The second-order valence-electron chi connectivity index (χ2n) is 7.91. The number of carbonyl (C=O) groups is 1. The highest BCUT2D eigenvalue weighted by atomic mass is 16.5. The molecule has 35 heavy (non-hydrogen) atoms. The smallest absolute Gasteiger partial charge is 0.254 e. The molecule has 3 heterocycles. The second-order valence-corrected chi connectivity index (χ2v) is 7.91. The van der Waals surface area contributed by atoms with E-state index >= 15 is 0 Å². The lowest BCUT2D eigenvalue weighted by Gasteiger charge is -2.11. The maximum Gasteiger partial charge on any atom is 0.254 e. The summed E-state index contributed by atoms with van der Waals surface area (Å²) < 4.78 is 6.89. The minimum Gasteiger partial charge on any atom is -0.497 e. The number of fused-ring (bicyclic) bond motifs is 1. The van der Waals surface area contributed by atoms with Crippen LogP contribution in [0.2, 0.25) is 0 Å². The zero-order valence-corrected chi connectivity index (χ0v) is 19.3. The highest BCUT2D eigenvalue weighted by Crippen LogP contribution is 2.22. The monoisotopic (exact) mass is 465 g/mol. The van der Waals surface area contributed by atoms with Gasteiger partial charge in [-0.3, -0.25) is 9.78 Å². The Morgan fingerprint density at radius 2 is 1.91 bits per heavy atom. The van der Waals surface area contributed by atoms with Gasteiger partial charge < -0.3 is 15.4 Å². The molecule has 0 radical (unpaired) electrons. The van der Waals surface area contributed by atoms with Crippen LogP contribution in [-0.2, 0) is 6.54 Å². The lowest BCUT2D eigenvalue weighted by atomic mass is 10.1. The summed E-state index contributed by atoms with van der Waals surface area (Å²) >= 11 is 0. The quantitative estimate of drug-likeness (QED) is 0.371. The first kappa shape index (κ1) is 22.0. The molecule has 174 valence electrons. The Balaban J connectivity index is 1.36. The Kier molecular flexibility index (Phi) is 6.04. The summed E-state index contributed by atoms with van der Waals surface area (Å²) in [4.78, 5) is 26.0. The summed E-state index contributed by atoms with van der Waals surface area (Å²) in [6.45, 7) is 2.29. The van der Waals surface area contributed by atoms with Gasteiger partial charge in [0, 0.05) is 47.5 Å². The van der Waals surface area contributed by atoms with Crippen LogP contribution in [-0.4, -0.2) is 37.6 Å². The zero-order valence-electron chi connectivity index (χ0n) is 19.3. The van der Waals surface area contributed by atoms with Gasteiger partial charge in [0.25, 0.3) is 11.7 Å². The Bertz CT molecular complexity index is 1500. The molecule has 0 aliphatic rings. The van der Waals surface area contributed by atoms with E-state index in [4.69, 9.17) is 4.74 Å². The van der Waals surface area contributed by atoms with Crippen LogP contribution in [0, 0.1) is 6.92 Å². The molecular formula is C26H23N7O2. The van der Waals surface area contributed by atoms with Crippen LogP contribution in [0.3, 0.4) is 0 Å². The van der Waals surface area contributed by atoms with E-state index in [0.717, 1.165) is 28.3 Å². The van der Waals surface area contributed by atoms with Crippen molar-refractivity contribution >= 4 is 23.2 Å². The van der Waals surface area contributed by atoms with Crippen molar-refractivity contribution in [2.75, 3.05) is 12.4 Å². The number of benzene rings is 2. The molecule has 0 atom stereocenters. The molecule has 3 aromatic heterocycles. The van der Waals surface area contributed by atoms with Gasteiger partial charge >= 0.3 is 0 Å². The molecule has 0 aliphatic heterocycles. The van der Waals surface area contributed by atoms with Crippen molar-refractivity contribution < 1.29 is 9.53 Å². The molecule has 1 amide bonds. The van der Waals surface area contributed by atoms with Crippen LogP contribution in [0.4, 0.5) is 11.5 Å². The fourth-order valence-corrected chi connectivity index (χ4v) is 3.65. The van der Waals surface area contributed by atoms with Crippen molar-refractivity contribution in [1.29, 1.82) is 0 Å². The topological polar surface area (TPSA) is 106 Å². The van der Waals surface area contributed by atoms with Gasteiger partial charge in [-0.1, -0.05) is 18.2 Å². The van der Waals surface area contributed by atoms with Gasteiger partial charge in [-0.15, -0.1) is 5.10 Å². The van der Waals surface area contributed by atoms with Gasteiger partial charge in [-0.2, -0.15) is 9.50 Å². The largest absolute Gasteiger partial charge is 0.497 e. The first-order valence-electron chi connectivity index (χ1n) is 11.0. The lowest BCUT2D eigenvalue weighted by molar-refractivity contribution is 0.0951. The normalized spacial score (nSPS) is 10.8. The second kappa shape index (κ2) is 9.60. The molecule has 2 N–H and O–H groups in total. The number of anilines is 2. The lowest BCUT2D eigenvalue weighted by Crippen LogP contribution is -2.22. The Labute approximate surface area is 201 Å². The summed E-state index contributed by atoms with van der Waals surface area (Å²) in [5.41, 5.74) is 3.82. The summed E-state index contributed by atoms with van der Waals surface area (Å²) in [6.07, 6.45) is 3.41. The van der Waals surface area contributed by atoms with Crippen LogP contribution in [0.1, 0.15) is 21.6 Å². The average Bonchev–Trinajstić information content (AvgIpc) is 3.32. The van der Waals surface area contributed by atoms with Crippen LogP contribution < -0.4 is 15.4 Å². The van der Waals surface area contributed by atoms with Crippen molar-refractivity contribution in [2.45, 2.75) is 13.5 Å². The van der Waals surface area contributed by atoms with Crippen LogP contribution in [0.15, 0.2) is 79.1 Å². The summed E-state index contributed by atoms with van der Waals surface area (Å²) in [5, 5.41) is 10.9. The average molecular weight is 466 g/mol. The number of rotatable bonds is 7. The van der Waals surface area contributed by atoms with Crippen LogP contribution in [0.5, 0.6) is 5.75 Å². The number of aryl methyl sites for hydroxylation is 1. The molecular weight excluding hydrogens is 442 g/mol. The van der Waals surface area contributed by atoms with E-state index in [2.05, 4.69) is 30.7 Å². The van der Waals surface area contributed by atoms with Gasteiger partial charge in [-0.05, 0) is 55.0 Å². The third-order valence-electron chi connectivity index (χ3n) is 5.34. The maximum absolute atomic E-state index is 12.8. The number of hydrogen-bond donors (Lipinski definition) is 2. The first-order valence-corrected chi connectivity index (χ1v) is 11.0. The van der Waals surface area contributed by atoms with Crippen molar-refractivity contribution in [2.24, 2.45) is 0 Å². The Morgan fingerprint density at radius 1 is 1.03 bits per heavy atom. The van der Waals surface area contributed by atoms with E-state index in [1.807, 2.05) is 61.5 Å². The molecule has 9 nitrogen and oxygen atoms in total. The molecule has 0 saturated carbocycles. The molecule has 2 aromatic carbocycles. The Morgan fingerprint density at radius 3 is 2.74 bits per heavy atom. The first-order chi connectivity index (χ1) is 17.1. The maximum atomic E-state index is 12.8. The molecule has 5 rings (SSSR count). The molecule has 0 bridgehead atoms. The standard InChI is InChI=1S/C26H23N7O2/c1-17-12-23(33-26(29-17)31-24(32-33)20-8-5-11-27-16-20)30-21-9-4-7-19(14-21)25(34)28-15-18-6-3-10-22(13-18)35-2/h3-14,16,30H,15H2,1-2H3,(H,28,34). The highest BCUT2D eigenvalue weighted by Gasteiger charge is 2.13.